The maximum Gasteiger partial charge on any atom is 0.256 e. The number of anilines is 1. The molecule has 12 heteroatoms. The van der Waals surface area contributed by atoms with Crippen LogP contribution in [0.2, 0.25) is 0 Å². The Morgan fingerprint density at radius 3 is 2.74 bits per heavy atom. The lowest BCUT2D eigenvalue weighted by Gasteiger charge is -2.46. The molecule has 3 heterocycles. The Hall–Kier alpha value is -3.74. The van der Waals surface area contributed by atoms with Gasteiger partial charge in [-0.15, -0.1) is 0 Å². The van der Waals surface area contributed by atoms with Gasteiger partial charge in [0.15, 0.2) is 11.6 Å². The number of carbonyl (C=O) groups is 1. The maximum atomic E-state index is 14.8. The van der Waals surface area contributed by atoms with Crippen LogP contribution in [0.15, 0.2) is 36.5 Å². The van der Waals surface area contributed by atoms with E-state index in [1.807, 2.05) is 0 Å². The number of aromatic amines is 1. The van der Waals surface area contributed by atoms with Crippen LogP contribution in [0.4, 0.5) is 14.5 Å². The van der Waals surface area contributed by atoms with Crippen LogP contribution >= 0.6 is 0 Å². The molecule has 38 heavy (non-hydrogen) atoms. The van der Waals surface area contributed by atoms with Crippen molar-refractivity contribution < 1.29 is 27.8 Å². The molecular weight excluding hydrogens is 498 g/mol. The summed E-state index contributed by atoms with van der Waals surface area (Å²) in [5.74, 6) is -1.44. The topological polar surface area (TPSA) is 118 Å². The summed E-state index contributed by atoms with van der Waals surface area (Å²) in [4.78, 5) is 16.7. The van der Waals surface area contributed by atoms with Crippen molar-refractivity contribution in [2.24, 2.45) is 5.73 Å². The quantitative estimate of drug-likeness (QED) is 0.363. The van der Waals surface area contributed by atoms with Gasteiger partial charge in [-0.3, -0.25) is 14.8 Å². The zero-order valence-corrected chi connectivity index (χ0v) is 21.0. The number of morpholine rings is 1. The lowest BCUT2D eigenvalue weighted by atomic mass is 10.0. The molecule has 1 aromatic heterocycles. The first kappa shape index (κ1) is 25.9. The Morgan fingerprint density at radius 2 is 2.00 bits per heavy atom. The van der Waals surface area contributed by atoms with Gasteiger partial charge in [-0.1, -0.05) is 0 Å². The van der Waals surface area contributed by atoms with E-state index >= 15 is 0 Å². The van der Waals surface area contributed by atoms with Crippen molar-refractivity contribution in [3.05, 3.63) is 59.4 Å². The molecule has 2 aliphatic rings. The molecular formula is C26H30F2N6O4. The molecule has 2 saturated heterocycles. The third-order valence-corrected chi connectivity index (χ3v) is 6.74. The minimum absolute atomic E-state index is 0.0187. The highest BCUT2D eigenvalue weighted by molar-refractivity contribution is 5.95. The fourth-order valence-corrected chi connectivity index (χ4v) is 4.56. The van der Waals surface area contributed by atoms with Crippen LogP contribution in [-0.2, 0) is 9.47 Å². The summed E-state index contributed by atoms with van der Waals surface area (Å²) in [5.41, 5.74) is 7.67. The molecule has 10 nitrogen and oxygen atoms in total. The van der Waals surface area contributed by atoms with E-state index in [4.69, 9.17) is 19.9 Å². The van der Waals surface area contributed by atoms with Gasteiger partial charge in [0.05, 0.1) is 36.6 Å². The monoisotopic (exact) mass is 528 g/mol. The van der Waals surface area contributed by atoms with Gasteiger partial charge >= 0.3 is 0 Å². The fourth-order valence-electron chi connectivity index (χ4n) is 4.56. The number of likely N-dealkylation sites (tertiary alicyclic amines) is 1. The molecule has 202 valence electrons. The summed E-state index contributed by atoms with van der Waals surface area (Å²) >= 11 is 0. The number of hydrogen-bond acceptors (Lipinski definition) is 8. The molecule has 0 aliphatic carbocycles. The molecule has 2 aliphatic heterocycles. The Bertz CT molecular complexity index is 1330. The largest absolute Gasteiger partial charge is 0.488 e. The van der Waals surface area contributed by atoms with Crippen LogP contribution in [0.25, 0.3) is 16.6 Å². The lowest BCUT2D eigenvalue weighted by molar-refractivity contribution is -0.0257. The molecule has 5 rings (SSSR count). The Kier molecular flexibility index (Phi) is 7.72. The average molecular weight is 529 g/mol. The van der Waals surface area contributed by atoms with Crippen molar-refractivity contribution in [1.29, 1.82) is 0 Å². The number of rotatable bonds is 9. The number of hydrogen-bond donors (Lipinski definition) is 3. The van der Waals surface area contributed by atoms with E-state index < -0.39 is 11.6 Å². The number of nitrogens with one attached hydrogen (secondary N) is 2. The van der Waals surface area contributed by atoms with Crippen molar-refractivity contribution in [3.8, 4) is 5.75 Å². The van der Waals surface area contributed by atoms with E-state index in [1.54, 1.807) is 11.0 Å². The van der Waals surface area contributed by atoms with E-state index in [2.05, 4.69) is 20.4 Å². The van der Waals surface area contributed by atoms with Gasteiger partial charge < -0.3 is 30.2 Å². The van der Waals surface area contributed by atoms with Gasteiger partial charge in [-0.25, -0.2) is 8.78 Å². The van der Waals surface area contributed by atoms with Crippen molar-refractivity contribution in [3.63, 3.8) is 0 Å². The second kappa shape index (κ2) is 11.3. The first-order chi connectivity index (χ1) is 18.4. The molecule has 0 spiro atoms. The third kappa shape index (κ3) is 5.42. The number of nitrogens with two attached hydrogens (primary N) is 1. The van der Waals surface area contributed by atoms with E-state index in [0.29, 0.717) is 61.2 Å². The summed E-state index contributed by atoms with van der Waals surface area (Å²) in [6.07, 6.45) is 1.44. The number of amides is 1. The third-order valence-electron chi connectivity index (χ3n) is 6.74. The van der Waals surface area contributed by atoms with Crippen molar-refractivity contribution in [2.75, 3.05) is 65.0 Å². The van der Waals surface area contributed by atoms with Gasteiger partial charge in [-0.05, 0) is 24.3 Å². The van der Waals surface area contributed by atoms with Crippen molar-refractivity contribution >= 4 is 28.2 Å². The lowest BCUT2D eigenvalue weighted by Crippen LogP contribution is -2.62. The van der Waals surface area contributed by atoms with Gasteiger partial charge in [0.25, 0.3) is 5.91 Å². The van der Waals surface area contributed by atoms with Crippen molar-refractivity contribution in [2.45, 2.75) is 6.04 Å². The second-order valence-corrected chi connectivity index (χ2v) is 9.19. The highest BCUT2D eigenvalue weighted by Gasteiger charge is 2.36. The highest BCUT2D eigenvalue weighted by atomic mass is 19.1. The number of carbonyl (C=O) groups excluding carboxylic acids is 1. The first-order valence-corrected chi connectivity index (χ1v) is 12.4. The molecule has 4 N–H and O–H groups in total. The number of methoxy groups -OCH3 is 1. The average Bonchev–Trinajstić information content (AvgIpc) is 3.30. The smallest absolute Gasteiger partial charge is 0.256 e. The summed E-state index contributed by atoms with van der Waals surface area (Å²) in [6, 6.07) is 7.38. The van der Waals surface area contributed by atoms with Crippen LogP contribution in [0, 0.1) is 11.6 Å². The summed E-state index contributed by atoms with van der Waals surface area (Å²) in [7, 11) is 1.53. The standard InChI is InChI=1S/C26H30F2N6O4/c1-36-8-9-38-24-12-23-19(11-21(24)28)25(32-31-23)22(29)13-30-16-2-3-18(20(27)10-16)26(35)34-14-17(15-34)33-4-6-37-7-5-33/h2-3,10-13,17,30H,4-9,14-15,29H2,1H3,(H,31,32)/b22-13-. The Balaban J connectivity index is 1.22. The Labute approximate surface area is 218 Å². The van der Waals surface area contributed by atoms with Crippen LogP contribution in [0.3, 0.4) is 0 Å². The van der Waals surface area contributed by atoms with Gasteiger partial charge in [-0.2, -0.15) is 5.10 Å². The minimum Gasteiger partial charge on any atom is -0.488 e. The van der Waals surface area contributed by atoms with Crippen molar-refractivity contribution in [1.82, 2.24) is 20.0 Å². The minimum atomic E-state index is -0.630. The van der Waals surface area contributed by atoms with Gasteiger partial charge in [0.2, 0.25) is 0 Å². The van der Waals surface area contributed by atoms with Crippen LogP contribution in [0.1, 0.15) is 16.1 Å². The van der Waals surface area contributed by atoms with E-state index in [9.17, 15) is 13.6 Å². The highest BCUT2D eigenvalue weighted by Crippen LogP contribution is 2.28. The summed E-state index contributed by atoms with van der Waals surface area (Å²) in [5, 5.41) is 10.4. The summed E-state index contributed by atoms with van der Waals surface area (Å²) < 4.78 is 45.0. The van der Waals surface area contributed by atoms with Crippen LogP contribution < -0.4 is 15.8 Å². The van der Waals surface area contributed by atoms with E-state index in [-0.39, 0.29) is 29.5 Å². The van der Waals surface area contributed by atoms with E-state index in [1.165, 1.54) is 37.6 Å². The summed E-state index contributed by atoms with van der Waals surface area (Å²) in [6.45, 7) is 4.80. The predicted octanol–water partition coefficient (Wildman–Crippen LogP) is 2.39. The van der Waals surface area contributed by atoms with E-state index in [0.717, 1.165) is 13.1 Å². The number of fused-ring (bicyclic) bond motifs is 1. The molecule has 2 aromatic carbocycles. The molecule has 0 radical (unpaired) electrons. The van der Waals surface area contributed by atoms with Crippen LogP contribution in [0.5, 0.6) is 5.75 Å². The molecule has 0 saturated carbocycles. The predicted molar refractivity (Wildman–Crippen MR) is 138 cm³/mol. The molecule has 0 bridgehead atoms. The molecule has 0 atom stereocenters. The number of ether oxygens (including phenoxy) is 3. The molecule has 2 fully saturated rings. The second-order valence-electron chi connectivity index (χ2n) is 9.19. The van der Waals surface area contributed by atoms with Gasteiger partial charge in [0.1, 0.15) is 18.1 Å². The number of nitrogens with zero attached hydrogens (tertiary/aromatic N) is 3. The molecule has 3 aromatic rings. The molecule has 1 amide bonds. The van der Waals surface area contributed by atoms with Gasteiger partial charge in [0, 0.05) is 62.7 Å². The normalized spacial score (nSPS) is 17.0. The zero-order chi connectivity index (χ0) is 26.6. The number of halogens is 2. The SMILES string of the molecule is COCCOc1cc2[nH]nc(/C(N)=C/Nc3ccc(C(=O)N4CC(N5CCOCC5)C4)c(F)c3)c2cc1F. The number of aromatic nitrogens is 2. The maximum absolute atomic E-state index is 14.8. The number of H-pyrrole nitrogens is 1. The zero-order valence-electron chi connectivity index (χ0n) is 21.0. The first-order valence-electron chi connectivity index (χ1n) is 12.4. The van der Waals surface area contributed by atoms with Crippen LogP contribution in [-0.4, -0.2) is 91.7 Å². The fraction of sp³-hybridized carbons (Fsp3) is 0.385. The Morgan fingerprint density at radius 1 is 1.21 bits per heavy atom. The molecule has 0 unspecified atom stereocenters. The number of benzene rings is 2.